The summed E-state index contributed by atoms with van der Waals surface area (Å²) in [5, 5.41) is 0.254. The standard InChI is InChI=1S/C17H21ClN2O6S2/c1-15(2,3)26-14(22)20-13-17(20,5)28(23,24)8-16(4,19-13)11-9(18)7-10(27-11)12(21)25-6/h7H,8H2,1-6H3/p+1. The van der Waals surface area contributed by atoms with Crippen LogP contribution in [0.4, 0.5) is 4.79 Å². The number of amidine groups is 1. The number of halogens is 1. The molecule has 2 unspecified atom stereocenters. The molecule has 1 amide bonds. The van der Waals surface area contributed by atoms with Gasteiger partial charge in [-0.15, -0.1) is 16.2 Å². The van der Waals surface area contributed by atoms with Crippen molar-refractivity contribution in [3.8, 4) is 0 Å². The Labute approximate surface area is 172 Å². The molecule has 0 aliphatic carbocycles. The number of esters is 1. The van der Waals surface area contributed by atoms with Gasteiger partial charge < -0.3 is 9.47 Å². The molecule has 0 aromatic carbocycles. The Morgan fingerprint density at radius 2 is 1.93 bits per heavy atom. The van der Waals surface area contributed by atoms with Crippen molar-refractivity contribution in [2.24, 2.45) is 0 Å². The molecular formula is C17H22ClN2O6S2+. The van der Waals surface area contributed by atoms with Crippen molar-refractivity contribution in [1.82, 2.24) is 4.90 Å². The summed E-state index contributed by atoms with van der Waals surface area (Å²) >= 11 is 7.35. The molecule has 0 saturated carbocycles. The van der Waals surface area contributed by atoms with Gasteiger partial charge in [0.2, 0.25) is 9.84 Å². The van der Waals surface area contributed by atoms with Crippen molar-refractivity contribution in [3.63, 3.8) is 0 Å². The lowest BCUT2D eigenvalue weighted by Crippen LogP contribution is -2.87. The summed E-state index contributed by atoms with van der Waals surface area (Å²) in [5.41, 5.74) is -1.88. The van der Waals surface area contributed by atoms with E-state index in [0.29, 0.717) is 4.88 Å². The first-order valence-corrected chi connectivity index (χ1v) is 11.3. The summed E-state index contributed by atoms with van der Waals surface area (Å²) in [6.07, 6.45) is -0.738. The van der Waals surface area contributed by atoms with Gasteiger partial charge in [0.1, 0.15) is 16.2 Å². The maximum Gasteiger partial charge on any atom is 0.509 e. The van der Waals surface area contributed by atoms with Crippen molar-refractivity contribution < 1.29 is 32.5 Å². The minimum atomic E-state index is -3.77. The fraction of sp³-hybridized carbons (Fsp3) is 0.588. The van der Waals surface area contributed by atoms with Crippen molar-refractivity contribution >= 4 is 50.7 Å². The highest BCUT2D eigenvalue weighted by molar-refractivity contribution is 7.94. The van der Waals surface area contributed by atoms with Crippen LogP contribution in [0, 0.1) is 0 Å². The van der Waals surface area contributed by atoms with Crippen LogP contribution >= 0.6 is 22.9 Å². The number of thiophene rings is 1. The van der Waals surface area contributed by atoms with Gasteiger partial charge in [0.15, 0.2) is 5.54 Å². The third-order valence-electron chi connectivity index (χ3n) is 4.67. The molecule has 1 aromatic rings. The van der Waals surface area contributed by atoms with Crippen LogP contribution in [-0.2, 0) is 24.8 Å². The van der Waals surface area contributed by atoms with Crippen LogP contribution in [0.1, 0.15) is 49.2 Å². The number of methoxy groups -OCH3 is 1. The topological polar surface area (TPSA) is 104 Å². The van der Waals surface area contributed by atoms with Gasteiger partial charge in [0.25, 0.3) is 0 Å². The lowest BCUT2D eigenvalue weighted by Gasteiger charge is -2.24. The number of fused-ring (bicyclic) bond motifs is 1. The highest BCUT2D eigenvalue weighted by Crippen LogP contribution is 2.45. The second kappa shape index (κ2) is 6.17. The molecule has 1 fully saturated rings. The van der Waals surface area contributed by atoms with E-state index in [1.807, 2.05) is 0 Å². The van der Waals surface area contributed by atoms with Crippen LogP contribution in [0.5, 0.6) is 0 Å². The zero-order chi connectivity index (χ0) is 21.3. The summed E-state index contributed by atoms with van der Waals surface area (Å²) < 4.78 is 36.2. The van der Waals surface area contributed by atoms with Gasteiger partial charge in [-0.05, 0) is 33.8 Å². The molecule has 0 bridgehead atoms. The molecule has 1 N–H and O–H groups in total. The summed E-state index contributed by atoms with van der Waals surface area (Å²) in [6.45, 7) is 8.25. The Bertz CT molecular complexity index is 1010. The number of amides is 1. The third-order valence-corrected chi connectivity index (χ3v) is 9.00. The molecule has 11 heteroatoms. The molecule has 8 nitrogen and oxygen atoms in total. The number of nitrogens with one attached hydrogen (secondary N) is 1. The first kappa shape index (κ1) is 21.1. The summed E-state index contributed by atoms with van der Waals surface area (Å²) in [6, 6.07) is 1.45. The Balaban J connectivity index is 2.05. The molecule has 2 aliphatic rings. The predicted molar refractivity (Wildman–Crippen MR) is 104 cm³/mol. The second-order valence-electron chi connectivity index (χ2n) is 8.14. The fourth-order valence-corrected chi connectivity index (χ4v) is 6.99. The number of rotatable bonds is 2. The van der Waals surface area contributed by atoms with Gasteiger partial charge in [-0.3, -0.25) is 4.99 Å². The first-order valence-electron chi connectivity index (χ1n) is 8.45. The number of sulfone groups is 1. The number of hydrogen-bond donors (Lipinski definition) is 1. The zero-order valence-electron chi connectivity index (χ0n) is 16.4. The van der Waals surface area contributed by atoms with Crippen LogP contribution in [0.15, 0.2) is 6.07 Å². The van der Waals surface area contributed by atoms with Gasteiger partial charge in [-0.25, -0.2) is 13.2 Å². The molecule has 3 heterocycles. The summed E-state index contributed by atoms with van der Waals surface area (Å²) in [4.78, 5) is 27.9. The third kappa shape index (κ3) is 3.11. The number of nitrogens with zero attached hydrogens (tertiary/aromatic N) is 1. The van der Waals surface area contributed by atoms with Crippen LogP contribution in [-0.4, -0.2) is 54.6 Å². The van der Waals surface area contributed by atoms with Crippen molar-refractivity contribution in [2.75, 3.05) is 12.9 Å². The van der Waals surface area contributed by atoms with E-state index in [2.05, 4.69) is 4.99 Å². The van der Waals surface area contributed by atoms with E-state index in [-0.39, 0.29) is 21.5 Å². The summed E-state index contributed by atoms with van der Waals surface area (Å²) in [7, 11) is -2.51. The Morgan fingerprint density at radius 3 is 2.46 bits per heavy atom. The molecule has 1 saturated heterocycles. The van der Waals surface area contributed by atoms with Crippen molar-refractivity contribution in [3.05, 3.63) is 20.8 Å². The molecular weight excluding hydrogens is 428 g/mol. The molecule has 2 atom stereocenters. The van der Waals surface area contributed by atoms with Gasteiger partial charge in [-0.1, -0.05) is 11.6 Å². The molecule has 3 rings (SSSR count). The van der Waals surface area contributed by atoms with Crippen LogP contribution in [0.3, 0.4) is 0 Å². The normalized spacial score (nSPS) is 28.2. The van der Waals surface area contributed by atoms with Crippen LogP contribution in [0.25, 0.3) is 0 Å². The van der Waals surface area contributed by atoms with Crippen LogP contribution < -0.4 is 4.99 Å². The van der Waals surface area contributed by atoms with E-state index >= 15 is 0 Å². The highest BCUT2D eigenvalue weighted by atomic mass is 35.5. The Morgan fingerprint density at radius 1 is 1.32 bits per heavy atom. The molecule has 2 aliphatic heterocycles. The van der Waals surface area contributed by atoms with Crippen molar-refractivity contribution in [1.29, 1.82) is 0 Å². The largest absolute Gasteiger partial charge is 0.509 e. The number of carbonyl (C=O) groups is 2. The smallest absolute Gasteiger partial charge is 0.465 e. The maximum atomic E-state index is 13.1. The number of hydrogen-bond acceptors (Lipinski definition) is 7. The highest BCUT2D eigenvalue weighted by Gasteiger charge is 2.82. The van der Waals surface area contributed by atoms with E-state index in [0.717, 1.165) is 16.2 Å². The maximum absolute atomic E-state index is 13.1. The fourth-order valence-electron chi connectivity index (χ4n) is 3.23. The van der Waals surface area contributed by atoms with Gasteiger partial charge in [0.05, 0.1) is 17.0 Å². The SMILES string of the molecule is COC(=O)c1cc(Cl)c(C2(C)CS(=O)(=O)C3(C)C(=[NH+]2)N3C(=O)OC(C)(C)C)s1. The van der Waals surface area contributed by atoms with E-state index in [1.165, 1.54) is 20.1 Å². The monoisotopic (exact) mass is 449 g/mol. The number of carbonyl (C=O) groups excluding carboxylic acids is 2. The quantitative estimate of drug-likeness (QED) is 0.538. The minimum Gasteiger partial charge on any atom is -0.465 e. The molecule has 0 spiro atoms. The van der Waals surface area contributed by atoms with E-state index < -0.39 is 37.9 Å². The van der Waals surface area contributed by atoms with Crippen molar-refractivity contribution in [2.45, 2.75) is 50.6 Å². The molecule has 28 heavy (non-hydrogen) atoms. The average Bonchev–Trinajstić information content (AvgIpc) is 2.94. The summed E-state index contributed by atoms with van der Waals surface area (Å²) in [5.74, 6) is -0.626. The van der Waals surface area contributed by atoms with Gasteiger partial charge in [-0.2, -0.15) is 4.79 Å². The van der Waals surface area contributed by atoms with Gasteiger partial charge in [0, 0.05) is 6.92 Å². The first-order chi connectivity index (χ1) is 12.7. The minimum absolute atomic E-state index is 0.236. The van der Waals surface area contributed by atoms with Gasteiger partial charge >= 0.3 is 22.8 Å². The number of ether oxygens (including phenoxy) is 2. The Hall–Kier alpha value is -1.65. The second-order valence-corrected chi connectivity index (χ2v) is 11.9. The molecule has 1 aromatic heterocycles. The van der Waals surface area contributed by atoms with E-state index in [4.69, 9.17) is 21.1 Å². The lowest BCUT2D eigenvalue weighted by molar-refractivity contribution is -0.551. The average molecular weight is 450 g/mol. The molecule has 0 radical (unpaired) electrons. The van der Waals surface area contributed by atoms with E-state index in [1.54, 1.807) is 27.7 Å². The molecule has 154 valence electrons. The Kier molecular flexibility index (Phi) is 4.64. The zero-order valence-corrected chi connectivity index (χ0v) is 18.8. The van der Waals surface area contributed by atoms with Crippen LogP contribution in [0.2, 0.25) is 5.02 Å². The predicted octanol–water partition coefficient (Wildman–Crippen LogP) is 1.28. The van der Waals surface area contributed by atoms with E-state index in [9.17, 15) is 18.0 Å². The lowest BCUT2D eigenvalue weighted by atomic mass is 10.0.